The van der Waals surface area contributed by atoms with E-state index in [1.807, 2.05) is 19.9 Å². The lowest BCUT2D eigenvalue weighted by Gasteiger charge is -2.34. The Morgan fingerprint density at radius 1 is 1.54 bits per heavy atom. The molecule has 1 aliphatic rings. The van der Waals surface area contributed by atoms with Crippen molar-refractivity contribution in [3.8, 4) is 6.07 Å². The van der Waals surface area contributed by atoms with Crippen LogP contribution in [0, 0.1) is 33.3 Å². The van der Waals surface area contributed by atoms with Crippen molar-refractivity contribution in [2.24, 2.45) is 11.8 Å². The van der Waals surface area contributed by atoms with Crippen molar-refractivity contribution in [1.82, 2.24) is 5.32 Å². The summed E-state index contributed by atoms with van der Waals surface area (Å²) in [4.78, 5) is 24.2. The zero-order valence-electron chi connectivity index (χ0n) is 14.0. The lowest BCUT2D eigenvalue weighted by atomic mass is 9.97. The molecular formula is C17H22N4O3. The minimum absolute atomic E-state index is 0.0300. The van der Waals surface area contributed by atoms with Gasteiger partial charge in [0.1, 0.15) is 11.6 Å². The van der Waals surface area contributed by atoms with Crippen molar-refractivity contribution in [1.29, 1.82) is 5.26 Å². The van der Waals surface area contributed by atoms with E-state index in [0.717, 1.165) is 31.6 Å². The van der Waals surface area contributed by atoms with Crippen LogP contribution in [0.3, 0.4) is 0 Å². The number of nitro groups is 1. The van der Waals surface area contributed by atoms with Crippen molar-refractivity contribution >= 4 is 17.3 Å². The van der Waals surface area contributed by atoms with Gasteiger partial charge in [0.25, 0.3) is 5.69 Å². The van der Waals surface area contributed by atoms with E-state index >= 15 is 0 Å². The molecule has 0 aromatic heterocycles. The Hall–Kier alpha value is -2.62. The number of benzene rings is 1. The highest BCUT2D eigenvalue weighted by Crippen LogP contribution is 2.27. The summed E-state index contributed by atoms with van der Waals surface area (Å²) >= 11 is 0. The van der Waals surface area contributed by atoms with E-state index in [1.165, 1.54) is 6.07 Å². The SMILES string of the molecule is CC(C)C(=O)NCC1CCCN(c2ccc([N+](=O)[O-])c(C#N)c2)C1. The first-order valence-electron chi connectivity index (χ1n) is 8.13. The highest BCUT2D eigenvalue weighted by Gasteiger charge is 2.23. The van der Waals surface area contributed by atoms with Gasteiger partial charge in [-0.3, -0.25) is 14.9 Å². The first-order chi connectivity index (χ1) is 11.4. The van der Waals surface area contributed by atoms with Crippen molar-refractivity contribution < 1.29 is 9.72 Å². The number of nitro benzene ring substituents is 1. The highest BCUT2D eigenvalue weighted by atomic mass is 16.6. The fraction of sp³-hybridized carbons (Fsp3) is 0.529. The number of nitrogens with zero attached hydrogens (tertiary/aromatic N) is 3. The van der Waals surface area contributed by atoms with E-state index in [9.17, 15) is 14.9 Å². The van der Waals surface area contributed by atoms with Crippen LogP contribution in [0.25, 0.3) is 0 Å². The Labute approximate surface area is 141 Å². The second-order valence-corrected chi connectivity index (χ2v) is 6.42. The highest BCUT2D eigenvalue weighted by molar-refractivity contribution is 5.77. The molecular weight excluding hydrogens is 308 g/mol. The number of nitrogens with one attached hydrogen (secondary N) is 1. The molecule has 1 atom stereocenters. The van der Waals surface area contributed by atoms with Crippen molar-refractivity contribution in [3.05, 3.63) is 33.9 Å². The molecule has 1 fully saturated rings. The predicted octanol–water partition coefficient (Wildman–Crippen LogP) is 2.46. The van der Waals surface area contributed by atoms with Crippen LogP contribution in [0.15, 0.2) is 18.2 Å². The third-order valence-electron chi connectivity index (χ3n) is 4.27. The molecule has 1 N–H and O–H groups in total. The predicted molar refractivity (Wildman–Crippen MR) is 90.6 cm³/mol. The van der Waals surface area contributed by atoms with Crippen LogP contribution in [-0.4, -0.2) is 30.5 Å². The second-order valence-electron chi connectivity index (χ2n) is 6.42. The van der Waals surface area contributed by atoms with Gasteiger partial charge >= 0.3 is 0 Å². The van der Waals surface area contributed by atoms with Crippen molar-refractivity contribution in [3.63, 3.8) is 0 Å². The Morgan fingerprint density at radius 3 is 2.92 bits per heavy atom. The average Bonchev–Trinajstić information content (AvgIpc) is 2.59. The fourth-order valence-electron chi connectivity index (χ4n) is 2.88. The zero-order chi connectivity index (χ0) is 17.7. The van der Waals surface area contributed by atoms with Crippen LogP contribution < -0.4 is 10.2 Å². The van der Waals surface area contributed by atoms with Crippen LogP contribution in [0.5, 0.6) is 0 Å². The van der Waals surface area contributed by atoms with Gasteiger partial charge in [-0.1, -0.05) is 13.8 Å². The van der Waals surface area contributed by atoms with E-state index in [1.54, 1.807) is 12.1 Å². The summed E-state index contributed by atoms with van der Waals surface area (Å²) in [6.45, 7) is 5.97. The van der Waals surface area contributed by atoms with Crippen LogP contribution in [0.1, 0.15) is 32.3 Å². The molecule has 7 heteroatoms. The number of hydrogen-bond acceptors (Lipinski definition) is 5. The molecule has 1 amide bonds. The molecule has 1 aromatic rings. The minimum atomic E-state index is -0.539. The minimum Gasteiger partial charge on any atom is -0.371 e. The number of nitriles is 1. The molecule has 0 spiro atoms. The normalized spacial score (nSPS) is 17.4. The number of carbonyl (C=O) groups excluding carboxylic acids is 1. The number of rotatable bonds is 5. The molecule has 0 bridgehead atoms. The third-order valence-corrected chi connectivity index (χ3v) is 4.27. The summed E-state index contributed by atoms with van der Waals surface area (Å²) in [5.74, 6) is 0.356. The number of amides is 1. The lowest BCUT2D eigenvalue weighted by Crippen LogP contribution is -2.41. The third kappa shape index (κ3) is 4.22. The van der Waals surface area contributed by atoms with E-state index in [0.29, 0.717) is 12.5 Å². The Kier molecular flexibility index (Phi) is 5.74. The van der Waals surface area contributed by atoms with E-state index in [2.05, 4.69) is 10.2 Å². The van der Waals surface area contributed by atoms with Gasteiger partial charge in [-0.2, -0.15) is 5.26 Å². The Bertz CT molecular complexity index is 666. The van der Waals surface area contributed by atoms with Gasteiger partial charge in [-0.25, -0.2) is 0 Å². The first-order valence-corrected chi connectivity index (χ1v) is 8.13. The van der Waals surface area contributed by atoms with Crippen LogP contribution in [0.2, 0.25) is 0 Å². The van der Waals surface area contributed by atoms with Crippen LogP contribution in [0.4, 0.5) is 11.4 Å². The monoisotopic (exact) mass is 330 g/mol. The van der Waals surface area contributed by atoms with Gasteiger partial charge < -0.3 is 10.2 Å². The zero-order valence-corrected chi connectivity index (χ0v) is 14.0. The lowest BCUT2D eigenvalue weighted by molar-refractivity contribution is -0.385. The van der Waals surface area contributed by atoms with Crippen LogP contribution >= 0.6 is 0 Å². The maximum absolute atomic E-state index is 11.7. The summed E-state index contributed by atoms with van der Waals surface area (Å²) in [5, 5.41) is 23.0. The molecule has 1 heterocycles. The molecule has 1 aromatic carbocycles. The number of carbonyl (C=O) groups is 1. The fourth-order valence-corrected chi connectivity index (χ4v) is 2.88. The Morgan fingerprint density at radius 2 is 2.29 bits per heavy atom. The molecule has 1 aliphatic heterocycles. The smallest absolute Gasteiger partial charge is 0.287 e. The maximum Gasteiger partial charge on any atom is 0.287 e. The molecule has 7 nitrogen and oxygen atoms in total. The molecule has 24 heavy (non-hydrogen) atoms. The quantitative estimate of drug-likeness (QED) is 0.660. The van der Waals surface area contributed by atoms with Gasteiger partial charge in [0.2, 0.25) is 5.91 Å². The summed E-state index contributed by atoms with van der Waals surface area (Å²) in [6, 6.07) is 6.55. The first kappa shape index (κ1) is 17.7. The van der Waals surface area contributed by atoms with E-state index < -0.39 is 4.92 Å². The number of anilines is 1. The molecule has 0 aliphatic carbocycles. The van der Waals surface area contributed by atoms with Crippen molar-refractivity contribution in [2.75, 3.05) is 24.5 Å². The molecule has 2 rings (SSSR count). The van der Waals surface area contributed by atoms with Gasteiger partial charge in [0, 0.05) is 37.3 Å². The standard InChI is InChI=1S/C17H22N4O3/c1-12(2)17(22)19-10-13-4-3-7-20(11-13)15-5-6-16(21(23)24)14(8-15)9-18/h5-6,8,12-13H,3-4,7,10-11H2,1-2H3,(H,19,22). The van der Waals surface area contributed by atoms with E-state index in [-0.39, 0.29) is 23.1 Å². The molecule has 0 radical (unpaired) electrons. The topological polar surface area (TPSA) is 99.3 Å². The number of piperidine rings is 1. The summed E-state index contributed by atoms with van der Waals surface area (Å²) in [6.07, 6.45) is 2.02. The molecule has 1 saturated heterocycles. The van der Waals surface area contributed by atoms with E-state index in [4.69, 9.17) is 5.26 Å². The summed E-state index contributed by atoms with van der Waals surface area (Å²) < 4.78 is 0. The molecule has 128 valence electrons. The molecule has 0 saturated carbocycles. The van der Waals surface area contributed by atoms with Gasteiger partial charge in [-0.15, -0.1) is 0 Å². The maximum atomic E-state index is 11.7. The van der Waals surface area contributed by atoms with Gasteiger partial charge in [0.15, 0.2) is 0 Å². The largest absolute Gasteiger partial charge is 0.371 e. The van der Waals surface area contributed by atoms with Crippen LogP contribution in [-0.2, 0) is 4.79 Å². The Balaban J connectivity index is 2.05. The number of hydrogen-bond donors (Lipinski definition) is 1. The second kappa shape index (κ2) is 7.77. The van der Waals surface area contributed by atoms with Gasteiger partial charge in [0.05, 0.1) is 4.92 Å². The molecule has 1 unspecified atom stereocenters. The summed E-state index contributed by atoms with van der Waals surface area (Å²) in [5.41, 5.74) is 0.726. The van der Waals surface area contributed by atoms with Crippen molar-refractivity contribution in [2.45, 2.75) is 26.7 Å². The summed E-state index contributed by atoms with van der Waals surface area (Å²) in [7, 11) is 0. The average molecular weight is 330 g/mol. The van der Waals surface area contributed by atoms with Gasteiger partial charge in [-0.05, 0) is 30.9 Å².